The number of hydrogen-bond acceptors (Lipinski definition) is 4. The van der Waals surface area contributed by atoms with Gasteiger partial charge in [0.25, 0.3) is 0 Å². The molecular formula is C22H28N2O3. The average molecular weight is 368 g/mol. The summed E-state index contributed by atoms with van der Waals surface area (Å²) < 4.78 is 5.23. The van der Waals surface area contributed by atoms with Crippen molar-refractivity contribution in [3.63, 3.8) is 0 Å². The van der Waals surface area contributed by atoms with Gasteiger partial charge >= 0.3 is 6.09 Å². The first kappa shape index (κ1) is 19.2. The Kier molecular flexibility index (Phi) is 7.11. The number of nitrogens with zero attached hydrogens (tertiary/aromatic N) is 1. The van der Waals surface area contributed by atoms with E-state index < -0.39 is 0 Å². The number of hydrogen-bond donors (Lipinski definition) is 2. The lowest BCUT2D eigenvalue weighted by atomic mass is 9.95. The van der Waals surface area contributed by atoms with Crippen LogP contribution >= 0.6 is 0 Å². The number of ether oxygens (including phenoxy) is 1. The second-order valence-corrected chi connectivity index (χ2v) is 6.98. The van der Waals surface area contributed by atoms with Gasteiger partial charge in [0.15, 0.2) is 0 Å². The zero-order valence-electron chi connectivity index (χ0n) is 15.6. The summed E-state index contributed by atoms with van der Waals surface area (Å²) in [6.07, 6.45) is 4.09. The Labute approximate surface area is 161 Å². The number of likely N-dealkylation sites (tertiary alicyclic amines) is 1. The van der Waals surface area contributed by atoms with Crippen LogP contribution in [-0.2, 0) is 11.3 Å². The number of nitrogens with one attached hydrogen (secondary N) is 1. The highest BCUT2D eigenvalue weighted by atomic mass is 16.5. The third-order valence-corrected chi connectivity index (χ3v) is 5.00. The molecule has 1 aliphatic heterocycles. The summed E-state index contributed by atoms with van der Waals surface area (Å²) in [6, 6.07) is 17.6. The van der Waals surface area contributed by atoms with E-state index in [1.165, 1.54) is 18.4 Å². The smallest absolute Gasteiger partial charge is 0.407 e. The normalized spacial score (nSPS) is 17.4. The molecule has 0 aromatic heterocycles. The lowest BCUT2D eigenvalue weighted by Crippen LogP contribution is -2.36. The van der Waals surface area contributed by atoms with Gasteiger partial charge in [-0.1, -0.05) is 48.9 Å². The summed E-state index contributed by atoms with van der Waals surface area (Å²) in [5.41, 5.74) is 2.24. The Morgan fingerprint density at radius 2 is 1.89 bits per heavy atom. The van der Waals surface area contributed by atoms with Gasteiger partial charge < -0.3 is 15.2 Å². The fourth-order valence-corrected chi connectivity index (χ4v) is 3.58. The third-order valence-electron chi connectivity index (χ3n) is 5.00. The molecule has 0 radical (unpaired) electrons. The highest BCUT2D eigenvalue weighted by Crippen LogP contribution is 2.31. The minimum Gasteiger partial charge on any atom is -0.508 e. The highest BCUT2D eigenvalue weighted by molar-refractivity contribution is 5.67. The van der Waals surface area contributed by atoms with E-state index in [2.05, 4.69) is 10.2 Å². The molecule has 2 N–H and O–H groups in total. The Hall–Kier alpha value is -2.53. The summed E-state index contributed by atoms with van der Waals surface area (Å²) in [5, 5.41) is 12.3. The van der Waals surface area contributed by atoms with Gasteiger partial charge in [-0.15, -0.1) is 0 Å². The molecule has 0 spiro atoms. The maximum Gasteiger partial charge on any atom is 0.407 e. The number of carbonyl (C=O) groups is 1. The van der Waals surface area contributed by atoms with Crippen LogP contribution in [0.1, 0.15) is 42.9 Å². The second kappa shape index (κ2) is 9.97. The highest BCUT2D eigenvalue weighted by Gasteiger charge is 2.23. The van der Waals surface area contributed by atoms with Crippen LogP contribution in [0, 0.1) is 0 Å². The largest absolute Gasteiger partial charge is 0.508 e. The number of benzene rings is 2. The van der Waals surface area contributed by atoms with E-state index in [4.69, 9.17) is 4.74 Å². The van der Waals surface area contributed by atoms with Crippen molar-refractivity contribution in [1.82, 2.24) is 10.2 Å². The van der Waals surface area contributed by atoms with Crippen molar-refractivity contribution >= 4 is 6.09 Å². The molecule has 1 aliphatic rings. The van der Waals surface area contributed by atoms with Crippen LogP contribution in [0.2, 0.25) is 0 Å². The predicted molar refractivity (Wildman–Crippen MR) is 106 cm³/mol. The molecule has 1 saturated heterocycles. The minimum absolute atomic E-state index is 0.293. The van der Waals surface area contributed by atoms with Crippen LogP contribution in [0.3, 0.4) is 0 Å². The molecule has 2 aromatic carbocycles. The van der Waals surface area contributed by atoms with Crippen LogP contribution in [0.25, 0.3) is 0 Å². The number of piperidine rings is 1. The Balaban J connectivity index is 1.39. The second-order valence-electron chi connectivity index (χ2n) is 6.98. The molecule has 3 rings (SSSR count). The fourth-order valence-electron chi connectivity index (χ4n) is 3.58. The molecule has 1 unspecified atom stereocenters. The van der Waals surface area contributed by atoms with Crippen molar-refractivity contribution in [1.29, 1.82) is 0 Å². The Bertz CT molecular complexity index is 703. The summed E-state index contributed by atoms with van der Waals surface area (Å²) in [6.45, 7) is 2.91. The lowest BCUT2D eigenvalue weighted by molar-refractivity contribution is 0.134. The van der Waals surface area contributed by atoms with Crippen molar-refractivity contribution in [3.8, 4) is 5.75 Å². The number of carbonyl (C=O) groups excluding carboxylic acids is 1. The number of aromatic hydroxyl groups is 1. The van der Waals surface area contributed by atoms with Gasteiger partial charge in [-0.2, -0.15) is 0 Å². The fraction of sp³-hybridized carbons (Fsp3) is 0.409. The summed E-state index contributed by atoms with van der Waals surface area (Å²) >= 11 is 0. The van der Waals surface area contributed by atoms with E-state index in [0.29, 0.717) is 24.9 Å². The van der Waals surface area contributed by atoms with E-state index in [0.717, 1.165) is 31.5 Å². The summed E-state index contributed by atoms with van der Waals surface area (Å²) in [7, 11) is 0. The molecule has 1 atom stereocenters. The SMILES string of the molecule is O=C(NCCCN1CCCCC1c1ccc(O)cc1)OCc1ccccc1. The first-order valence-corrected chi connectivity index (χ1v) is 9.70. The number of amides is 1. The van der Waals surface area contributed by atoms with Crippen LogP contribution in [0.15, 0.2) is 54.6 Å². The molecule has 1 heterocycles. The van der Waals surface area contributed by atoms with Crippen molar-refractivity contribution in [2.75, 3.05) is 19.6 Å². The van der Waals surface area contributed by atoms with E-state index in [9.17, 15) is 9.90 Å². The first-order chi connectivity index (χ1) is 13.2. The van der Waals surface area contributed by atoms with Crippen molar-refractivity contribution < 1.29 is 14.6 Å². The zero-order valence-corrected chi connectivity index (χ0v) is 15.6. The van der Waals surface area contributed by atoms with E-state index in [1.807, 2.05) is 42.5 Å². The van der Waals surface area contributed by atoms with Crippen molar-refractivity contribution in [3.05, 3.63) is 65.7 Å². The van der Waals surface area contributed by atoms with Crippen LogP contribution in [0.4, 0.5) is 4.79 Å². The van der Waals surface area contributed by atoms with Gasteiger partial charge in [-0.25, -0.2) is 4.79 Å². The quantitative estimate of drug-likeness (QED) is 0.718. The van der Waals surface area contributed by atoms with E-state index in [-0.39, 0.29) is 6.09 Å². The molecule has 0 aliphatic carbocycles. The summed E-state index contributed by atoms with van der Waals surface area (Å²) in [4.78, 5) is 14.3. The van der Waals surface area contributed by atoms with Gasteiger partial charge in [0.05, 0.1) is 0 Å². The third kappa shape index (κ3) is 6.00. The number of alkyl carbamates (subject to hydrolysis) is 1. The standard InChI is InChI=1S/C22H28N2O3/c25-20-12-10-19(11-13-20)21-9-4-5-15-24(21)16-6-14-23-22(26)27-17-18-7-2-1-3-8-18/h1-3,7-8,10-13,21,25H,4-6,9,14-17H2,(H,23,26). The molecule has 0 bridgehead atoms. The van der Waals surface area contributed by atoms with Crippen LogP contribution in [-0.4, -0.2) is 35.7 Å². The molecule has 5 nitrogen and oxygen atoms in total. The molecule has 1 fully saturated rings. The molecule has 144 valence electrons. The maximum atomic E-state index is 11.8. The zero-order chi connectivity index (χ0) is 18.9. The van der Waals surface area contributed by atoms with E-state index in [1.54, 1.807) is 12.1 Å². The van der Waals surface area contributed by atoms with Gasteiger partial charge in [0.2, 0.25) is 0 Å². The van der Waals surface area contributed by atoms with Gasteiger partial charge in [-0.05, 0) is 49.1 Å². The lowest BCUT2D eigenvalue weighted by Gasteiger charge is -2.36. The predicted octanol–water partition coefficient (Wildman–Crippen LogP) is 4.24. The molecule has 2 aromatic rings. The summed E-state index contributed by atoms with van der Waals surface area (Å²) in [5.74, 6) is 0.305. The number of rotatable bonds is 7. The Morgan fingerprint density at radius 3 is 2.67 bits per heavy atom. The van der Waals surface area contributed by atoms with Crippen molar-refractivity contribution in [2.24, 2.45) is 0 Å². The average Bonchev–Trinajstić information content (AvgIpc) is 2.71. The van der Waals surface area contributed by atoms with E-state index >= 15 is 0 Å². The first-order valence-electron chi connectivity index (χ1n) is 9.70. The minimum atomic E-state index is -0.368. The molecule has 1 amide bonds. The number of phenols is 1. The molecule has 0 saturated carbocycles. The van der Waals surface area contributed by atoms with Gasteiger partial charge in [-0.3, -0.25) is 4.90 Å². The van der Waals surface area contributed by atoms with Crippen molar-refractivity contribution in [2.45, 2.75) is 38.3 Å². The molecular weight excluding hydrogens is 340 g/mol. The van der Waals surface area contributed by atoms with Crippen LogP contribution < -0.4 is 5.32 Å². The monoisotopic (exact) mass is 368 g/mol. The molecule has 27 heavy (non-hydrogen) atoms. The maximum absolute atomic E-state index is 11.8. The number of phenolic OH excluding ortho intramolecular Hbond substituents is 1. The van der Waals surface area contributed by atoms with Gasteiger partial charge in [0, 0.05) is 19.1 Å². The van der Waals surface area contributed by atoms with Gasteiger partial charge in [0.1, 0.15) is 12.4 Å². The Morgan fingerprint density at radius 1 is 1.11 bits per heavy atom. The molecule has 5 heteroatoms. The topological polar surface area (TPSA) is 61.8 Å². The van der Waals surface area contributed by atoms with Crippen LogP contribution in [0.5, 0.6) is 5.75 Å².